The number of benzene rings is 1. The van der Waals surface area contributed by atoms with Crippen molar-refractivity contribution < 1.29 is 9.66 Å². The molecule has 0 saturated carbocycles. The Morgan fingerprint density at radius 2 is 2.21 bits per heavy atom. The van der Waals surface area contributed by atoms with Crippen molar-refractivity contribution in [1.82, 2.24) is 4.98 Å². The Labute approximate surface area is 117 Å². The SMILES string of the molecule is Cc1c([N+](=O)[O-])cnc(Oc2cccc(N)c2)c1Br. The third kappa shape index (κ3) is 2.82. The van der Waals surface area contributed by atoms with Crippen molar-refractivity contribution in [2.75, 3.05) is 5.73 Å². The van der Waals surface area contributed by atoms with E-state index in [0.29, 0.717) is 21.5 Å². The molecule has 0 bridgehead atoms. The summed E-state index contributed by atoms with van der Waals surface area (Å²) in [5, 5.41) is 10.8. The molecule has 1 aromatic heterocycles. The second-order valence-corrected chi connectivity index (χ2v) is 4.61. The largest absolute Gasteiger partial charge is 0.438 e. The minimum Gasteiger partial charge on any atom is -0.438 e. The number of nitrogens with zero attached hydrogens (tertiary/aromatic N) is 2. The summed E-state index contributed by atoms with van der Waals surface area (Å²) in [6.07, 6.45) is 1.17. The van der Waals surface area contributed by atoms with Gasteiger partial charge in [0.25, 0.3) is 5.69 Å². The van der Waals surface area contributed by atoms with Crippen molar-refractivity contribution in [1.29, 1.82) is 0 Å². The number of halogens is 1. The molecule has 2 aromatic rings. The summed E-state index contributed by atoms with van der Waals surface area (Å²) in [4.78, 5) is 14.2. The summed E-state index contributed by atoms with van der Waals surface area (Å²) in [5.41, 5.74) is 6.60. The van der Waals surface area contributed by atoms with Gasteiger partial charge < -0.3 is 10.5 Å². The maximum absolute atomic E-state index is 10.8. The first kappa shape index (κ1) is 13.3. The normalized spacial score (nSPS) is 10.2. The van der Waals surface area contributed by atoms with Gasteiger partial charge >= 0.3 is 0 Å². The van der Waals surface area contributed by atoms with Gasteiger partial charge in [-0.15, -0.1) is 0 Å². The zero-order valence-electron chi connectivity index (χ0n) is 9.96. The van der Waals surface area contributed by atoms with Crippen molar-refractivity contribution in [3.63, 3.8) is 0 Å². The molecular weight excluding hydrogens is 314 g/mol. The van der Waals surface area contributed by atoms with Crippen molar-refractivity contribution in [2.24, 2.45) is 0 Å². The highest BCUT2D eigenvalue weighted by atomic mass is 79.9. The van der Waals surface area contributed by atoms with Crippen LogP contribution in [0.1, 0.15) is 5.56 Å². The van der Waals surface area contributed by atoms with E-state index in [-0.39, 0.29) is 11.6 Å². The zero-order chi connectivity index (χ0) is 14.0. The molecule has 6 nitrogen and oxygen atoms in total. The Hall–Kier alpha value is -2.15. The minimum atomic E-state index is -0.489. The van der Waals surface area contributed by atoms with Crippen LogP contribution in [0.25, 0.3) is 0 Å². The van der Waals surface area contributed by atoms with Gasteiger partial charge in [0, 0.05) is 17.3 Å². The number of ether oxygens (including phenoxy) is 1. The van der Waals surface area contributed by atoms with Gasteiger partial charge in [0.15, 0.2) is 0 Å². The number of hydrogen-bond acceptors (Lipinski definition) is 5. The zero-order valence-corrected chi connectivity index (χ0v) is 11.5. The first-order valence-electron chi connectivity index (χ1n) is 5.32. The fraction of sp³-hybridized carbons (Fsp3) is 0.0833. The molecule has 2 rings (SSSR count). The molecule has 0 amide bonds. The summed E-state index contributed by atoms with van der Waals surface area (Å²) < 4.78 is 5.99. The van der Waals surface area contributed by atoms with Gasteiger partial charge in [-0.25, -0.2) is 4.98 Å². The van der Waals surface area contributed by atoms with E-state index in [1.165, 1.54) is 6.20 Å². The molecule has 0 spiro atoms. The average Bonchev–Trinajstić information content (AvgIpc) is 2.35. The Balaban J connectivity index is 2.37. The third-order valence-electron chi connectivity index (χ3n) is 2.47. The van der Waals surface area contributed by atoms with Crippen LogP contribution >= 0.6 is 15.9 Å². The van der Waals surface area contributed by atoms with Crippen LogP contribution in [0.3, 0.4) is 0 Å². The van der Waals surface area contributed by atoms with Gasteiger partial charge in [0.2, 0.25) is 5.88 Å². The van der Waals surface area contributed by atoms with Gasteiger partial charge in [0.1, 0.15) is 11.9 Å². The second-order valence-electron chi connectivity index (χ2n) is 3.82. The third-order valence-corrected chi connectivity index (χ3v) is 3.41. The number of aromatic nitrogens is 1. The molecule has 0 radical (unpaired) electrons. The number of hydrogen-bond donors (Lipinski definition) is 1. The van der Waals surface area contributed by atoms with E-state index < -0.39 is 4.92 Å². The Bertz CT molecular complexity index is 646. The van der Waals surface area contributed by atoms with Gasteiger partial charge in [-0.3, -0.25) is 10.1 Å². The van der Waals surface area contributed by atoms with Crippen molar-refractivity contribution in [3.8, 4) is 11.6 Å². The maximum Gasteiger partial charge on any atom is 0.291 e. The van der Waals surface area contributed by atoms with Crippen LogP contribution < -0.4 is 10.5 Å². The van der Waals surface area contributed by atoms with E-state index in [0.717, 1.165) is 0 Å². The van der Waals surface area contributed by atoms with Crippen LogP contribution in [0.5, 0.6) is 11.6 Å². The van der Waals surface area contributed by atoms with Crippen molar-refractivity contribution in [3.05, 3.63) is 50.6 Å². The fourth-order valence-electron chi connectivity index (χ4n) is 1.49. The Morgan fingerprint density at radius 1 is 1.47 bits per heavy atom. The molecule has 0 saturated heterocycles. The number of nitrogens with two attached hydrogens (primary N) is 1. The van der Waals surface area contributed by atoms with E-state index >= 15 is 0 Å². The molecule has 0 aliphatic carbocycles. The molecule has 1 aromatic carbocycles. The molecule has 1 heterocycles. The summed E-state index contributed by atoms with van der Waals surface area (Å²) in [6.45, 7) is 1.62. The molecule has 0 unspecified atom stereocenters. The first-order valence-corrected chi connectivity index (χ1v) is 6.11. The van der Waals surface area contributed by atoms with Gasteiger partial charge in [-0.1, -0.05) is 6.07 Å². The number of pyridine rings is 1. The van der Waals surface area contributed by atoms with E-state index in [4.69, 9.17) is 10.5 Å². The highest BCUT2D eigenvalue weighted by molar-refractivity contribution is 9.10. The standard InChI is InChI=1S/C12H10BrN3O3/c1-7-10(16(17)18)6-15-12(11(7)13)19-9-4-2-3-8(14)5-9/h2-6H,14H2,1H3. The van der Waals surface area contributed by atoms with Crippen LogP contribution in [-0.2, 0) is 0 Å². The summed E-state index contributed by atoms with van der Waals surface area (Å²) >= 11 is 3.25. The lowest BCUT2D eigenvalue weighted by Gasteiger charge is -2.08. The van der Waals surface area contributed by atoms with Gasteiger partial charge in [-0.05, 0) is 35.0 Å². The molecule has 2 N–H and O–H groups in total. The molecule has 0 aliphatic heterocycles. The Kier molecular flexibility index (Phi) is 3.66. The predicted octanol–water partition coefficient (Wildman–Crippen LogP) is 3.44. The van der Waals surface area contributed by atoms with Crippen LogP contribution in [0.15, 0.2) is 34.9 Å². The number of anilines is 1. The van der Waals surface area contributed by atoms with E-state index in [1.54, 1.807) is 31.2 Å². The molecular formula is C12H10BrN3O3. The second kappa shape index (κ2) is 5.23. The highest BCUT2D eigenvalue weighted by Crippen LogP contribution is 2.34. The maximum atomic E-state index is 10.8. The monoisotopic (exact) mass is 323 g/mol. The van der Waals surface area contributed by atoms with Crippen LogP contribution in [0, 0.1) is 17.0 Å². The molecule has 0 atom stereocenters. The highest BCUT2D eigenvalue weighted by Gasteiger charge is 2.18. The van der Waals surface area contributed by atoms with E-state index in [1.807, 2.05) is 0 Å². The van der Waals surface area contributed by atoms with Crippen LogP contribution in [0.2, 0.25) is 0 Å². The van der Waals surface area contributed by atoms with E-state index in [9.17, 15) is 10.1 Å². The Morgan fingerprint density at radius 3 is 2.84 bits per heavy atom. The topological polar surface area (TPSA) is 91.3 Å². The average molecular weight is 324 g/mol. The van der Waals surface area contributed by atoms with Crippen molar-refractivity contribution >= 4 is 27.3 Å². The van der Waals surface area contributed by atoms with Gasteiger partial charge in [-0.2, -0.15) is 0 Å². The van der Waals surface area contributed by atoms with Gasteiger partial charge in [0.05, 0.1) is 9.40 Å². The first-order chi connectivity index (χ1) is 8.99. The van der Waals surface area contributed by atoms with Crippen LogP contribution in [0.4, 0.5) is 11.4 Å². The van der Waals surface area contributed by atoms with Crippen molar-refractivity contribution in [2.45, 2.75) is 6.92 Å². The molecule has 0 aliphatic rings. The molecule has 98 valence electrons. The quantitative estimate of drug-likeness (QED) is 0.530. The summed E-state index contributed by atoms with van der Waals surface area (Å²) in [6, 6.07) is 6.85. The number of nitrogen functional groups attached to an aromatic ring is 1. The lowest BCUT2D eigenvalue weighted by molar-refractivity contribution is -0.385. The predicted molar refractivity (Wildman–Crippen MR) is 74.3 cm³/mol. The molecule has 19 heavy (non-hydrogen) atoms. The molecule has 7 heteroatoms. The number of rotatable bonds is 3. The number of nitro groups is 1. The lowest BCUT2D eigenvalue weighted by atomic mass is 10.2. The fourth-order valence-corrected chi connectivity index (χ4v) is 1.88. The van der Waals surface area contributed by atoms with Crippen LogP contribution in [-0.4, -0.2) is 9.91 Å². The minimum absolute atomic E-state index is 0.0631. The lowest BCUT2D eigenvalue weighted by Crippen LogP contribution is -1.97. The molecule has 0 fully saturated rings. The summed E-state index contributed by atoms with van der Waals surface area (Å²) in [5.74, 6) is 0.773. The smallest absolute Gasteiger partial charge is 0.291 e. The van der Waals surface area contributed by atoms with E-state index in [2.05, 4.69) is 20.9 Å². The summed E-state index contributed by atoms with van der Waals surface area (Å²) in [7, 11) is 0.